The third-order valence-corrected chi connectivity index (χ3v) is 8.28. The number of likely N-dealkylation sites (tertiary alicyclic amines) is 1. The van der Waals surface area contributed by atoms with Gasteiger partial charge in [-0.05, 0) is 81.8 Å². The number of rotatable bonds is 5. The highest BCUT2D eigenvalue weighted by Crippen LogP contribution is 2.30. The number of hydrogen-bond donors (Lipinski definition) is 2. The van der Waals surface area contributed by atoms with Crippen LogP contribution in [0.2, 0.25) is 0 Å². The lowest BCUT2D eigenvalue weighted by atomic mass is 9.97. The summed E-state index contributed by atoms with van der Waals surface area (Å²) in [7, 11) is 1.87. The summed E-state index contributed by atoms with van der Waals surface area (Å²) in [6.07, 6.45) is 2.87. The van der Waals surface area contributed by atoms with E-state index in [0.717, 1.165) is 39.9 Å². The number of nitrogens with one attached hydrogen (secondary N) is 2. The molecule has 11 heteroatoms. The van der Waals surface area contributed by atoms with Gasteiger partial charge in [0.15, 0.2) is 11.5 Å². The topological polar surface area (TPSA) is 118 Å². The summed E-state index contributed by atoms with van der Waals surface area (Å²) >= 11 is 0. The lowest BCUT2D eigenvalue weighted by Gasteiger charge is -2.31. The van der Waals surface area contributed by atoms with Gasteiger partial charge in [0.05, 0.1) is 11.3 Å². The smallest absolute Gasteiger partial charge is 0.410 e. The van der Waals surface area contributed by atoms with Gasteiger partial charge in [-0.2, -0.15) is 10.1 Å². The highest BCUT2D eigenvalue weighted by atomic mass is 16.6. The number of hydrogen-bond acceptors (Lipinski definition) is 8. The van der Waals surface area contributed by atoms with Crippen molar-refractivity contribution in [2.75, 3.05) is 30.3 Å². The van der Waals surface area contributed by atoms with Crippen molar-refractivity contribution >= 4 is 46.2 Å². The molecule has 1 saturated heterocycles. The molecule has 0 spiro atoms. The molecule has 2 aromatic heterocycles. The van der Waals surface area contributed by atoms with Crippen molar-refractivity contribution in [1.82, 2.24) is 29.5 Å². The minimum absolute atomic E-state index is 0.0929. The van der Waals surface area contributed by atoms with Crippen molar-refractivity contribution in [3.05, 3.63) is 64.8 Å². The molecule has 4 aromatic rings. The Balaban J connectivity index is 1.13. The second-order valence-electron chi connectivity index (χ2n) is 12.8. The third-order valence-electron chi connectivity index (χ3n) is 8.28. The molecule has 0 aliphatic carbocycles. The predicted molar refractivity (Wildman–Crippen MR) is 170 cm³/mol. The highest BCUT2D eigenvalue weighted by Gasteiger charge is 2.36. The van der Waals surface area contributed by atoms with E-state index in [1.54, 1.807) is 15.8 Å². The van der Waals surface area contributed by atoms with Gasteiger partial charge in [0, 0.05) is 50.8 Å². The Hall–Kier alpha value is -4.67. The number of para-hydroxylation sites is 1. The summed E-state index contributed by atoms with van der Waals surface area (Å²) in [5, 5.41) is 12.3. The van der Waals surface area contributed by atoms with Crippen molar-refractivity contribution in [1.29, 1.82) is 0 Å². The number of benzene rings is 2. The van der Waals surface area contributed by atoms with Gasteiger partial charge in [-0.1, -0.05) is 24.3 Å². The van der Waals surface area contributed by atoms with Gasteiger partial charge in [0.25, 0.3) is 0 Å². The number of carbonyl (C=O) groups excluding carboxylic acids is 2. The molecule has 0 saturated carbocycles. The number of amides is 2. The lowest BCUT2D eigenvalue weighted by molar-refractivity contribution is -0.136. The molecule has 2 N–H and O–H groups in total. The van der Waals surface area contributed by atoms with E-state index in [0.29, 0.717) is 50.0 Å². The van der Waals surface area contributed by atoms with Crippen LogP contribution in [0.4, 0.5) is 27.9 Å². The summed E-state index contributed by atoms with van der Waals surface area (Å²) in [4.78, 5) is 38.9. The molecule has 1 fully saturated rings. The number of aromatic nitrogens is 4. The Morgan fingerprint density at radius 2 is 1.77 bits per heavy atom. The molecule has 4 heterocycles. The molecular formula is C33H40N8O3. The van der Waals surface area contributed by atoms with Crippen molar-refractivity contribution in [3.8, 4) is 0 Å². The van der Waals surface area contributed by atoms with Gasteiger partial charge in [-0.3, -0.25) is 4.79 Å². The first-order chi connectivity index (χ1) is 20.9. The summed E-state index contributed by atoms with van der Waals surface area (Å²) < 4.78 is 7.26. The lowest BCUT2D eigenvalue weighted by Crippen LogP contribution is -2.41. The maximum Gasteiger partial charge on any atom is 0.410 e. The van der Waals surface area contributed by atoms with Crippen LogP contribution in [0.1, 0.15) is 49.4 Å². The van der Waals surface area contributed by atoms with E-state index in [4.69, 9.17) is 9.72 Å². The van der Waals surface area contributed by atoms with Crippen LogP contribution < -0.4 is 10.6 Å². The molecular weight excluding hydrogens is 556 g/mol. The quantitative estimate of drug-likeness (QED) is 0.305. The van der Waals surface area contributed by atoms with Crippen molar-refractivity contribution < 1.29 is 14.3 Å². The van der Waals surface area contributed by atoms with Crippen LogP contribution >= 0.6 is 0 Å². The fourth-order valence-corrected chi connectivity index (χ4v) is 5.98. The minimum atomic E-state index is -0.559. The maximum absolute atomic E-state index is 13.4. The van der Waals surface area contributed by atoms with Gasteiger partial charge >= 0.3 is 6.09 Å². The molecule has 230 valence electrons. The fourth-order valence-electron chi connectivity index (χ4n) is 5.98. The normalized spacial score (nSPS) is 16.6. The highest BCUT2D eigenvalue weighted by molar-refractivity contribution is 5.90. The van der Waals surface area contributed by atoms with E-state index in [2.05, 4.69) is 58.8 Å². The zero-order valence-electron chi connectivity index (χ0n) is 26.3. The molecule has 44 heavy (non-hydrogen) atoms. The van der Waals surface area contributed by atoms with Crippen LogP contribution in [0.5, 0.6) is 0 Å². The molecule has 0 bridgehead atoms. The fraction of sp³-hybridized carbons (Fsp3) is 0.424. The minimum Gasteiger partial charge on any atom is -0.444 e. The standard InChI is InChI=1S/C33H40N8O3/c1-20-8-7-9-21(2)27(20)36-28-26-17-34-31(37-29(26)39(6)38-28)35-25-11-10-22-12-14-40(19-24(22)16-25)30(42)23-13-15-41(18-23)32(43)44-33(3,4)5/h7-11,16-17,23H,12-15,18-19H2,1-6H3,(H,36,38)(H,34,35,37). The van der Waals surface area contributed by atoms with Crippen molar-refractivity contribution in [3.63, 3.8) is 0 Å². The molecule has 6 rings (SSSR count). The number of fused-ring (bicyclic) bond motifs is 2. The summed E-state index contributed by atoms with van der Waals surface area (Å²) in [5.74, 6) is 1.06. The molecule has 1 unspecified atom stereocenters. The van der Waals surface area contributed by atoms with Crippen LogP contribution in [0.3, 0.4) is 0 Å². The third kappa shape index (κ3) is 6.04. The largest absolute Gasteiger partial charge is 0.444 e. The van der Waals surface area contributed by atoms with Crippen LogP contribution in [0.25, 0.3) is 11.0 Å². The zero-order chi connectivity index (χ0) is 31.2. The zero-order valence-corrected chi connectivity index (χ0v) is 26.3. The van der Waals surface area contributed by atoms with Gasteiger partial charge in [0.2, 0.25) is 11.9 Å². The molecule has 11 nitrogen and oxygen atoms in total. The Kier molecular flexibility index (Phi) is 7.65. The SMILES string of the molecule is Cc1cccc(C)c1Nc1nn(C)c2nc(Nc3ccc4c(c3)CN(C(=O)C3CCN(C(=O)OC(C)(C)C)C3)CC4)ncc12. The van der Waals surface area contributed by atoms with E-state index in [9.17, 15) is 9.59 Å². The molecule has 2 amide bonds. The second-order valence-corrected chi connectivity index (χ2v) is 12.8. The van der Waals surface area contributed by atoms with E-state index < -0.39 is 5.60 Å². The Labute approximate surface area is 257 Å². The van der Waals surface area contributed by atoms with Gasteiger partial charge in [-0.25, -0.2) is 14.5 Å². The molecule has 0 radical (unpaired) electrons. The summed E-state index contributed by atoms with van der Waals surface area (Å²) in [6.45, 7) is 11.8. The van der Waals surface area contributed by atoms with Crippen LogP contribution in [-0.2, 0) is 29.5 Å². The Morgan fingerprint density at radius 1 is 1.00 bits per heavy atom. The number of nitrogens with zero attached hydrogens (tertiary/aromatic N) is 6. The van der Waals surface area contributed by atoms with E-state index in [-0.39, 0.29) is 17.9 Å². The monoisotopic (exact) mass is 596 g/mol. The molecule has 2 aromatic carbocycles. The van der Waals surface area contributed by atoms with Gasteiger partial charge < -0.3 is 25.2 Å². The number of anilines is 4. The first kappa shape index (κ1) is 29.4. The Morgan fingerprint density at radius 3 is 2.52 bits per heavy atom. The molecule has 2 aliphatic heterocycles. The molecule has 2 aliphatic rings. The predicted octanol–water partition coefficient (Wildman–Crippen LogP) is 5.61. The van der Waals surface area contributed by atoms with Crippen molar-refractivity contribution in [2.45, 2.75) is 59.6 Å². The first-order valence-corrected chi connectivity index (χ1v) is 15.1. The van der Waals surface area contributed by atoms with E-state index in [1.807, 2.05) is 44.9 Å². The molecule has 1 atom stereocenters. The van der Waals surface area contributed by atoms with Crippen molar-refractivity contribution in [2.24, 2.45) is 13.0 Å². The van der Waals surface area contributed by atoms with E-state index in [1.165, 1.54) is 5.56 Å². The first-order valence-electron chi connectivity index (χ1n) is 15.1. The Bertz CT molecular complexity index is 1720. The number of aryl methyl sites for hydroxylation is 3. The van der Waals surface area contributed by atoms with E-state index >= 15 is 0 Å². The number of ether oxygens (including phenoxy) is 1. The summed E-state index contributed by atoms with van der Waals surface area (Å²) in [6, 6.07) is 12.4. The summed E-state index contributed by atoms with van der Waals surface area (Å²) in [5.41, 5.74) is 6.64. The van der Waals surface area contributed by atoms with Gasteiger partial charge in [-0.15, -0.1) is 0 Å². The number of carbonyl (C=O) groups is 2. The average molecular weight is 597 g/mol. The van der Waals surface area contributed by atoms with Crippen LogP contribution in [0.15, 0.2) is 42.6 Å². The van der Waals surface area contributed by atoms with Gasteiger partial charge in [0.1, 0.15) is 5.60 Å². The average Bonchev–Trinajstić information content (AvgIpc) is 3.59. The maximum atomic E-state index is 13.4. The van der Waals surface area contributed by atoms with Crippen LogP contribution in [-0.4, -0.2) is 66.8 Å². The van der Waals surface area contributed by atoms with Crippen LogP contribution in [0, 0.1) is 19.8 Å². The second kappa shape index (κ2) is 11.4.